The van der Waals surface area contributed by atoms with Gasteiger partial charge in [0.25, 0.3) is 0 Å². The van der Waals surface area contributed by atoms with E-state index in [1.54, 1.807) is 21.3 Å². The van der Waals surface area contributed by atoms with Gasteiger partial charge >= 0.3 is 0 Å². The number of hydrogen-bond acceptors (Lipinski definition) is 6. The lowest BCUT2D eigenvalue weighted by Gasteiger charge is -2.19. The highest BCUT2D eigenvalue weighted by atomic mass is 19.1. The summed E-state index contributed by atoms with van der Waals surface area (Å²) in [5.74, 6) is 4.11. The Balaban J connectivity index is 1.49. The maximum Gasteiger partial charge on any atom is 0.164 e. The second-order valence-corrected chi connectivity index (χ2v) is 8.65. The molecule has 8 heteroatoms. The Bertz CT molecular complexity index is 869. The summed E-state index contributed by atoms with van der Waals surface area (Å²) in [5.41, 5.74) is 0.985. The lowest BCUT2D eigenvalue weighted by atomic mass is 9.89. The number of benzene rings is 1. The van der Waals surface area contributed by atoms with E-state index in [-0.39, 0.29) is 18.5 Å². The van der Waals surface area contributed by atoms with Gasteiger partial charge in [0.2, 0.25) is 0 Å². The highest BCUT2D eigenvalue weighted by molar-refractivity contribution is 5.50. The van der Waals surface area contributed by atoms with E-state index in [9.17, 15) is 4.39 Å². The van der Waals surface area contributed by atoms with E-state index < -0.39 is 0 Å². The zero-order valence-corrected chi connectivity index (χ0v) is 18.7. The number of likely N-dealkylation sites (tertiary alicyclic amines) is 1. The normalized spacial score (nSPS) is 22.6. The Hall–Kier alpha value is -2.35. The molecule has 2 aliphatic rings. The van der Waals surface area contributed by atoms with Crippen molar-refractivity contribution in [2.75, 3.05) is 41.1 Å². The molecule has 0 bridgehead atoms. The Kier molecular flexibility index (Phi) is 6.95. The largest absolute Gasteiger partial charge is 0.496 e. The zero-order chi connectivity index (χ0) is 21.8. The van der Waals surface area contributed by atoms with E-state index in [1.807, 2.05) is 12.1 Å². The van der Waals surface area contributed by atoms with E-state index in [4.69, 9.17) is 19.2 Å². The van der Waals surface area contributed by atoms with Crippen LogP contribution in [0.3, 0.4) is 0 Å². The van der Waals surface area contributed by atoms with Gasteiger partial charge in [-0.25, -0.2) is 4.98 Å². The van der Waals surface area contributed by atoms with Crippen LogP contribution >= 0.6 is 0 Å². The molecule has 0 amide bonds. The number of nitrogens with zero attached hydrogens (tertiary/aromatic N) is 3. The smallest absolute Gasteiger partial charge is 0.164 e. The van der Waals surface area contributed by atoms with E-state index in [2.05, 4.69) is 15.1 Å². The van der Waals surface area contributed by atoms with Crippen LogP contribution in [0.1, 0.15) is 61.2 Å². The van der Waals surface area contributed by atoms with Crippen LogP contribution in [0.5, 0.6) is 17.2 Å². The van der Waals surface area contributed by atoms with Gasteiger partial charge in [0, 0.05) is 49.0 Å². The summed E-state index contributed by atoms with van der Waals surface area (Å²) in [6, 6.07) is 3.77. The quantitative estimate of drug-likeness (QED) is 0.678. The predicted molar refractivity (Wildman–Crippen MR) is 116 cm³/mol. The number of hydrogen-bond donors (Lipinski definition) is 1. The molecule has 1 aliphatic heterocycles. The van der Waals surface area contributed by atoms with Crippen LogP contribution in [-0.4, -0.2) is 61.2 Å². The van der Waals surface area contributed by atoms with Crippen molar-refractivity contribution in [3.05, 3.63) is 29.3 Å². The standard InChI is InChI=1S/C23H33FN4O3/c1-29-19-10-21(31-3)20(30-2)9-16(19)12-28-13-17(11-24)18(14-28)23-25-22(26-27-23)15-7-5-4-6-8-15/h9-10,15,17-18H,4-8,11-14H2,1-3H3,(H,25,26,27). The van der Waals surface area contributed by atoms with Crippen LogP contribution < -0.4 is 14.2 Å². The monoisotopic (exact) mass is 432 g/mol. The number of aromatic amines is 1. The van der Waals surface area contributed by atoms with E-state index in [0.29, 0.717) is 30.5 Å². The highest BCUT2D eigenvalue weighted by Gasteiger charge is 2.37. The van der Waals surface area contributed by atoms with Crippen molar-refractivity contribution in [1.82, 2.24) is 20.1 Å². The Morgan fingerprint density at radius 2 is 1.71 bits per heavy atom. The van der Waals surface area contributed by atoms with Crippen molar-refractivity contribution < 1.29 is 18.6 Å². The lowest BCUT2D eigenvalue weighted by Crippen LogP contribution is -2.21. The fourth-order valence-electron chi connectivity index (χ4n) is 5.01. The van der Waals surface area contributed by atoms with Gasteiger partial charge < -0.3 is 14.2 Å². The lowest BCUT2D eigenvalue weighted by molar-refractivity contribution is 0.288. The average Bonchev–Trinajstić information content (AvgIpc) is 3.46. The molecule has 0 spiro atoms. The zero-order valence-electron chi connectivity index (χ0n) is 18.7. The van der Waals surface area contributed by atoms with Crippen LogP contribution in [-0.2, 0) is 6.54 Å². The molecule has 1 aromatic carbocycles. The molecular weight excluding hydrogens is 399 g/mol. The molecule has 170 valence electrons. The van der Waals surface area contributed by atoms with Crippen molar-refractivity contribution in [2.24, 2.45) is 5.92 Å². The van der Waals surface area contributed by atoms with Gasteiger partial charge in [0.15, 0.2) is 17.3 Å². The SMILES string of the molecule is COc1cc(OC)c(OC)cc1CN1CC(CF)C(c2nc(C3CCCCC3)n[nH]2)C1. The molecular formula is C23H33FN4O3. The van der Waals surface area contributed by atoms with Gasteiger partial charge in [-0.3, -0.25) is 14.4 Å². The van der Waals surface area contributed by atoms with E-state index in [0.717, 1.165) is 42.3 Å². The molecule has 31 heavy (non-hydrogen) atoms. The molecule has 7 nitrogen and oxygen atoms in total. The van der Waals surface area contributed by atoms with Gasteiger partial charge in [0.1, 0.15) is 11.6 Å². The molecule has 1 saturated carbocycles. The minimum Gasteiger partial charge on any atom is -0.496 e. The van der Waals surface area contributed by atoms with Gasteiger partial charge in [-0.1, -0.05) is 19.3 Å². The summed E-state index contributed by atoms with van der Waals surface area (Å²) in [6.07, 6.45) is 6.09. The third-order valence-electron chi connectivity index (χ3n) is 6.74. The summed E-state index contributed by atoms with van der Waals surface area (Å²) in [5, 5.41) is 7.64. The van der Waals surface area contributed by atoms with Crippen molar-refractivity contribution in [1.29, 1.82) is 0 Å². The first-order valence-corrected chi connectivity index (χ1v) is 11.2. The Morgan fingerprint density at radius 1 is 1.00 bits per heavy atom. The Morgan fingerprint density at radius 3 is 2.39 bits per heavy atom. The second kappa shape index (κ2) is 9.85. The number of nitrogens with one attached hydrogen (secondary N) is 1. The number of halogens is 1. The first-order chi connectivity index (χ1) is 15.2. The van der Waals surface area contributed by atoms with Crippen molar-refractivity contribution in [3.8, 4) is 17.2 Å². The van der Waals surface area contributed by atoms with Crippen LogP contribution in [0.15, 0.2) is 12.1 Å². The minimum atomic E-state index is -0.371. The number of H-pyrrole nitrogens is 1. The number of aromatic nitrogens is 3. The molecule has 1 saturated heterocycles. The molecule has 1 aromatic heterocycles. The molecule has 2 heterocycles. The fourth-order valence-corrected chi connectivity index (χ4v) is 5.01. The molecule has 1 N–H and O–H groups in total. The summed E-state index contributed by atoms with van der Waals surface area (Å²) in [6.45, 7) is 1.66. The van der Waals surface area contributed by atoms with Crippen molar-refractivity contribution in [2.45, 2.75) is 50.5 Å². The number of methoxy groups -OCH3 is 3. The van der Waals surface area contributed by atoms with Crippen molar-refractivity contribution in [3.63, 3.8) is 0 Å². The van der Waals surface area contributed by atoms with Crippen LogP contribution in [0.4, 0.5) is 4.39 Å². The summed E-state index contributed by atoms with van der Waals surface area (Å²) in [7, 11) is 4.86. The van der Waals surface area contributed by atoms with E-state index >= 15 is 0 Å². The number of alkyl halides is 1. The van der Waals surface area contributed by atoms with Gasteiger partial charge in [-0.2, -0.15) is 5.10 Å². The third-order valence-corrected chi connectivity index (χ3v) is 6.74. The summed E-state index contributed by atoms with van der Waals surface area (Å²) < 4.78 is 30.3. The van der Waals surface area contributed by atoms with Gasteiger partial charge in [-0.15, -0.1) is 0 Å². The number of ether oxygens (including phenoxy) is 3. The van der Waals surface area contributed by atoms with Crippen LogP contribution in [0.25, 0.3) is 0 Å². The van der Waals surface area contributed by atoms with Gasteiger partial charge in [0.05, 0.1) is 28.0 Å². The average molecular weight is 433 g/mol. The molecule has 2 fully saturated rings. The Labute approximate surface area is 183 Å². The minimum absolute atomic E-state index is 0.0148. The number of rotatable bonds is 8. The summed E-state index contributed by atoms with van der Waals surface area (Å²) in [4.78, 5) is 7.07. The first-order valence-electron chi connectivity index (χ1n) is 11.2. The first kappa shape index (κ1) is 21.9. The highest BCUT2D eigenvalue weighted by Crippen LogP contribution is 2.38. The molecule has 2 atom stereocenters. The maximum absolute atomic E-state index is 13.9. The molecule has 0 radical (unpaired) electrons. The van der Waals surface area contributed by atoms with Crippen molar-refractivity contribution >= 4 is 0 Å². The molecule has 2 unspecified atom stereocenters. The topological polar surface area (TPSA) is 72.5 Å². The summed E-state index contributed by atoms with van der Waals surface area (Å²) >= 11 is 0. The predicted octanol–water partition coefficient (Wildman–Crippen LogP) is 4.06. The maximum atomic E-state index is 13.9. The molecule has 2 aromatic rings. The van der Waals surface area contributed by atoms with Gasteiger partial charge in [-0.05, 0) is 18.9 Å². The van der Waals surface area contributed by atoms with Crippen LogP contribution in [0.2, 0.25) is 0 Å². The fraction of sp³-hybridized carbons (Fsp3) is 0.652. The second-order valence-electron chi connectivity index (χ2n) is 8.65. The molecule has 1 aliphatic carbocycles. The van der Waals surface area contributed by atoms with Crippen LogP contribution in [0, 0.1) is 5.92 Å². The molecule has 4 rings (SSSR count). The third kappa shape index (κ3) is 4.63. The van der Waals surface area contributed by atoms with E-state index in [1.165, 1.54) is 19.3 Å².